The summed E-state index contributed by atoms with van der Waals surface area (Å²) in [6, 6.07) is 3.85. The molecule has 0 bridgehead atoms. The third-order valence-electron chi connectivity index (χ3n) is 2.77. The molecular weight excluding hydrogens is 272 g/mol. The van der Waals surface area contributed by atoms with Crippen molar-refractivity contribution in [3.63, 3.8) is 0 Å². The van der Waals surface area contributed by atoms with E-state index in [1.165, 1.54) is 12.1 Å². The van der Waals surface area contributed by atoms with Crippen LogP contribution < -0.4 is 5.32 Å². The summed E-state index contributed by atoms with van der Waals surface area (Å²) in [7, 11) is 0. The molecule has 0 aliphatic rings. The van der Waals surface area contributed by atoms with Crippen molar-refractivity contribution in [2.24, 2.45) is 0 Å². The molecule has 1 N–H and O–H groups in total. The second-order valence-electron chi connectivity index (χ2n) is 4.34. The Morgan fingerprint density at radius 2 is 1.89 bits per heavy atom. The Bertz CT molecular complexity index is 412. The highest BCUT2D eigenvalue weighted by Crippen LogP contribution is 2.11. The van der Waals surface area contributed by atoms with Crippen LogP contribution in [0.3, 0.4) is 0 Å². The first-order chi connectivity index (χ1) is 9.15. The number of hydrogen-bond donors (Lipinski definition) is 1. The Kier molecular flexibility index (Phi) is 7.41. The number of amides is 1. The Hall–Kier alpha value is -1.16. The quantitative estimate of drug-likeness (QED) is 0.576. The highest BCUT2D eigenvalue weighted by molar-refractivity contribution is 6.17. The van der Waals surface area contributed by atoms with Gasteiger partial charge in [-0.05, 0) is 18.9 Å². The monoisotopic (exact) mass is 289 g/mol. The van der Waals surface area contributed by atoms with E-state index in [1.54, 1.807) is 0 Å². The average Bonchev–Trinajstić information content (AvgIpc) is 2.39. The van der Waals surface area contributed by atoms with E-state index < -0.39 is 11.6 Å². The van der Waals surface area contributed by atoms with Gasteiger partial charge in [-0.25, -0.2) is 8.78 Å². The lowest BCUT2D eigenvalue weighted by Crippen LogP contribution is -2.26. The van der Waals surface area contributed by atoms with Crippen LogP contribution in [0.25, 0.3) is 0 Å². The third-order valence-corrected chi connectivity index (χ3v) is 3.03. The topological polar surface area (TPSA) is 29.1 Å². The first-order valence-electron chi connectivity index (χ1n) is 6.40. The second-order valence-corrected chi connectivity index (χ2v) is 4.72. The fourth-order valence-corrected chi connectivity index (χ4v) is 1.91. The predicted octanol–water partition coefficient (Wildman–Crippen LogP) is 3.42. The summed E-state index contributed by atoms with van der Waals surface area (Å²) in [6.07, 6.45) is 3.75. The summed E-state index contributed by atoms with van der Waals surface area (Å²) in [4.78, 5) is 11.5. The van der Waals surface area contributed by atoms with Gasteiger partial charge in [-0.1, -0.05) is 25.0 Å². The minimum atomic E-state index is -0.945. The molecule has 2 nitrogen and oxygen atoms in total. The summed E-state index contributed by atoms with van der Waals surface area (Å²) in [5.41, 5.74) is 0.0830. The van der Waals surface area contributed by atoms with Crippen molar-refractivity contribution in [1.29, 1.82) is 0 Å². The molecule has 0 radical (unpaired) electrons. The number of unbranched alkanes of at least 4 members (excludes halogenated alkanes) is 3. The van der Waals surface area contributed by atoms with Gasteiger partial charge in [0, 0.05) is 18.0 Å². The van der Waals surface area contributed by atoms with Crippen molar-refractivity contribution in [2.75, 3.05) is 12.4 Å². The molecule has 0 aliphatic carbocycles. The molecule has 1 aromatic carbocycles. The van der Waals surface area contributed by atoms with Crippen LogP contribution in [0.15, 0.2) is 18.2 Å². The largest absolute Gasteiger partial charge is 0.356 e. The molecule has 106 valence electrons. The number of nitrogens with one attached hydrogen (secondary N) is 1. The van der Waals surface area contributed by atoms with Crippen molar-refractivity contribution < 1.29 is 13.6 Å². The van der Waals surface area contributed by atoms with E-state index in [0.29, 0.717) is 12.4 Å². The number of carbonyl (C=O) groups excluding carboxylic acids is 1. The highest BCUT2D eigenvalue weighted by atomic mass is 35.5. The fourth-order valence-electron chi connectivity index (χ4n) is 1.72. The van der Waals surface area contributed by atoms with Gasteiger partial charge in [0.2, 0.25) is 5.91 Å². The molecule has 0 saturated heterocycles. The molecule has 0 spiro atoms. The molecule has 0 heterocycles. The predicted molar refractivity (Wildman–Crippen MR) is 72.3 cm³/mol. The van der Waals surface area contributed by atoms with Crippen LogP contribution in [-0.4, -0.2) is 18.3 Å². The lowest BCUT2D eigenvalue weighted by molar-refractivity contribution is -0.120. The van der Waals surface area contributed by atoms with Crippen molar-refractivity contribution >= 4 is 17.5 Å². The summed E-state index contributed by atoms with van der Waals surface area (Å²) in [5, 5.41) is 2.69. The molecular formula is C14H18ClF2NO. The highest BCUT2D eigenvalue weighted by Gasteiger charge is 2.10. The molecule has 5 heteroatoms. The van der Waals surface area contributed by atoms with Crippen LogP contribution in [0.4, 0.5) is 8.78 Å². The van der Waals surface area contributed by atoms with Crippen molar-refractivity contribution in [2.45, 2.75) is 32.1 Å². The van der Waals surface area contributed by atoms with Gasteiger partial charge in [0.1, 0.15) is 0 Å². The maximum atomic E-state index is 13.3. The summed E-state index contributed by atoms with van der Waals surface area (Å²) < 4.78 is 26.3. The first kappa shape index (κ1) is 15.9. The second kappa shape index (κ2) is 8.86. The van der Waals surface area contributed by atoms with Crippen LogP contribution in [0, 0.1) is 11.6 Å². The Labute approximate surface area is 117 Å². The lowest BCUT2D eigenvalue weighted by atomic mass is 10.1. The normalized spacial score (nSPS) is 10.5. The first-order valence-corrected chi connectivity index (χ1v) is 6.94. The molecule has 1 aromatic rings. The standard InChI is InChI=1S/C14H18ClF2NO/c15-8-3-1-2-4-9-18-13(19)10-11-6-5-7-12(16)14(11)17/h5-7H,1-4,8-10H2,(H,18,19). The van der Waals surface area contributed by atoms with E-state index in [9.17, 15) is 13.6 Å². The number of alkyl halides is 1. The molecule has 0 aromatic heterocycles. The molecule has 1 amide bonds. The van der Waals surface area contributed by atoms with Crippen LogP contribution in [-0.2, 0) is 11.2 Å². The van der Waals surface area contributed by atoms with Crippen molar-refractivity contribution in [3.05, 3.63) is 35.4 Å². The van der Waals surface area contributed by atoms with Gasteiger partial charge in [0.05, 0.1) is 6.42 Å². The zero-order chi connectivity index (χ0) is 14.1. The molecule has 1 rings (SSSR count). The number of benzene rings is 1. The number of rotatable bonds is 8. The zero-order valence-corrected chi connectivity index (χ0v) is 11.5. The average molecular weight is 290 g/mol. The summed E-state index contributed by atoms with van der Waals surface area (Å²) >= 11 is 5.55. The fraction of sp³-hybridized carbons (Fsp3) is 0.500. The minimum absolute atomic E-state index is 0.0830. The van der Waals surface area contributed by atoms with E-state index in [2.05, 4.69) is 5.32 Å². The van der Waals surface area contributed by atoms with E-state index in [1.807, 2.05) is 0 Å². The van der Waals surface area contributed by atoms with Crippen LogP contribution in [0.2, 0.25) is 0 Å². The van der Waals surface area contributed by atoms with Gasteiger partial charge in [0.25, 0.3) is 0 Å². The van der Waals surface area contributed by atoms with Crippen LogP contribution >= 0.6 is 11.6 Å². The smallest absolute Gasteiger partial charge is 0.224 e. The van der Waals surface area contributed by atoms with Gasteiger partial charge in [0.15, 0.2) is 11.6 Å². The van der Waals surface area contributed by atoms with E-state index in [-0.39, 0.29) is 17.9 Å². The summed E-state index contributed by atoms with van der Waals surface area (Å²) in [5.74, 6) is -1.50. The summed E-state index contributed by atoms with van der Waals surface area (Å²) in [6.45, 7) is 0.554. The van der Waals surface area contributed by atoms with Gasteiger partial charge >= 0.3 is 0 Å². The van der Waals surface area contributed by atoms with Gasteiger partial charge in [-0.3, -0.25) is 4.79 Å². The van der Waals surface area contributed by atoms with Crippen LogP contribution in [0.5, 0.6) is 0 Å². The molecule has 0 saturated carbocycles. The molecule has 0 fully saturated rings. The number of halogens is 3. The van der Waals surface area contributed by atoms with Gasteiger partial charge in [-0.2, -0.15) is 0 Å². The van der Waals surface area contributed by atoms with Crippen LogP contribution in [0.1, 0.15) is 31.2 Å². The Morgan fingerprint density at radius 3 is 2.63 bits per heavy atom. The maximum Gasteiger partial charge on any atom is 0.224 e. The zero-order valence-electron chi connectivity index (χ0n) is 10.7. The number of carbonyl (C=O) groups is 1. The molecule has 19 heavy (non-hydrogen) atoms. The molecule has 0 unspecified atom stereocenters. The van der Waals surface area contributed by atoms with E-state index in [4.69, 9.17) is 11.6 Å². The van der Waals surface area contributed by atoms with Crippen molar-refractivity contribution in [1.82, 2.24) is 5.32 Å². The SMILES string of the molecule is O=C(Cc1cccc(F)c1F)NCCCCCCCl. The van der Waals surface area contributed by atoms with E-state index >= 15 is 0 Å². The Morgan fingerprint density at radius 1 is 1.16 bits per heavy atom. The minimum Gasteiger partial charge on any atom is -0.356 e. The Balaban J connectivity index is 2.26. The van der Waals surface area contributed by atoms with Gasteiger partial charge < -0.3 is 5.32 Å². The van der Waals surface area contributed by atoms with E-state index in [0.717, 1.165) is 31.7 Å². The maximum absolute atomic E-state index is 13.3. The molecule has 0 aliphatic heterocycles. The van der Waals surface area contributed by atoms with Crippen molar-refractivity contribution in [3.8, 4) is 0 Å². The van der Waals surface area contributed by atoms with Gasteiger partial charge in [-0.15, -0.1) is 11.6 Å². The lowest BCUT2D eigenvalue weighted by Gasteiger charge is -2.06. The molecule has 0 atom stereocenters. The number of hydrogen-bond acceptors (Lipinski definition) is 1. The third kappa shape index (κ3) is 6.01.